The third kappa shape index (κ3) is 4.85. The second-order valence-electron chi connectivity index (χ2n) is 9.35. The van der Waals surface area contributed by atoms with Crippen LogP contribution in [0.4, 0.5) is 0 Å². The van der Waals surface area contributed by atoms with Crippen LogP contribution in [0.5, 0.6) is 11.5 Å². The molecular formula is C26H35N3O3. The van der Waals surface area contributed by atoms with Crippen LogP contribution in [0.25, 0.3) is 0 Å². The Balaban J connectivity index is 1.50. The largest absolute Gasteiger partial charge is 0.497 e. The maximum Gasteiger partial charge on any atom is 0.191 e. The van der Waals surface area contributed by atoms with E-state index in [1.807, 2.05) is 31.3 Å². The highest BCUT2D eigenvalue weighted by Gasteiger charge is 2.36. The van der Waals surface area contributed by atoms with Gasteiger partial charge in [-0.05, 0) is 50.5 Å². The van der Waals surface area contributed by atoms with Crippen molar-refractivity contribution in [1.29, 1.82) is 0 Å². The lowest BCUT2D eigenvalue weighted by atomic mass is 9.74. The van der Waals surface area contributed by atoms with E-state index in [9.17, 15) is 0 Å². The lowest BCUT2D eigenvalue weighted by molar-refractivity contribution is 0.0511. The van der Waals surface area contributed by atoms with E-state index < -0.39 is 0 Å². The monoisotopic (exact) mass is 437 g/mol. The van der Waals surface area contributed by atoms with Crippen LogP contribution in [0.15, 0.2) is 53.5 Å². The minimum atomic E-state index is -0.240. The highest BCUT2D eigenvalue weighted by atomic mass is 16.5. The summed E-state index contributed by atoms with van der Waals surface area (Å²) >= 11 is 0. The molecule has 1 unspecified atom stereocenters. The van der Waals surface area contributed by atoms with Crippen molar-refractivity contribution in [3.05, 3.63) is 59.7 Å². The number of guanidine groups is 1. The topological polar surface area (TPSA) is 64.1 Å². The molecule has 1 fully saturated rings. The van der Waals surface area contributed by atoms with E-state index >= 15 is 0 Å². The van der Waals surface area contributed by atoms with E-state index in [1.54, 1.807) is 7.11 Å². The summed E-state index contributed by atoms with van der Waals surface area (Å²) < 4.78 is 17.2. The van der Waals surface area contributed by atoms with Gasteiger partial charge in [0.05, 0.1) is 13.2 Å². The molecule has 172 valence electrons. The highest BCUT2D eigenvalue weighted by molar-refractivity contribution is 5.80. The Kier molecular flexibility index (Phi) is 6.60. The standard InChI is InChI=1S/C26H35N3O3/c1-25(2)17-22(21-7-5-6-8-23(21)32-25)29-24(27-3)28-18-26(13-15-31-16-14-26)19-9-11-20(30-4)12-10-19/h5-12,22H,13-18H2,1-4H3,(H2,27,28,29). The first kappa shape index (κ1) is 22.5. The lowest BCUT2D eigenvalue weighted by Gasteiger charge is -2.40. The van der Waals surface area contributed by atoms with E-state index in [-0.39, 0.29) is 17.1 Å². The summed E-state index contributed by atoms with van der Waals surface area (Å²) in [6.45, 7) is 6.59. The molecular weight excluding hydrogens is 402 g/mol. The van der Waals surface area contributed by atoms with Crippen molar-refractivity contribution < 1.29 is 14.2 Å². The Labute approximate surface area is 191 Å². The van der Waals surface area contributed by atoms with Crippen molar-refractivity contribution in [3.63, 3.8) is 0 Å². The quantitative estimate of drug-likeness (QED) is 0.542. The molecule has 0 saturated carbocycles. The van der Waals surface area contributed by atoms with Crippen molar-refractivity contribution in [2.75, 3.05) is 33.9 Å². The zero-order valence-electron chi connectivity index (χ0n) is 19.6. The Morgan fingerprint density at radius 2 is 1.81 bits per heavy atom. The van der Waals surface area contributed by atoms with Gasteiger partial charge in [-0.3, -0.25) is 4.99 Å². The van der Waals surface area contributed by atoms with E-state index in [0.717, 1.165) is 56.5 Å². The van der Waals surface area contributed by atoms with Crippen molar-refractivity contribution in [2.45, 2.75) is 50.2 Å². The third-order valence-electron chi connectivity index (χ3n) is 6.66. The number of methoxy groups -OCH3 is 1. The summed E-state index contributed by atoms with van der Waals surface area (Å²) in [5, 5.41) is 7.28. The summed E-state index contributed by atoms with van der Waals surface area (Å²) in [6.07, 6.45) is 2.80. The number of para-hydroxylation sites is 1. The van der Waals surface area contributed by atoms with Gasteiger partial charge in [-0.25, -0.2) is 0 Å². The molecule has 6 heteroatoms. The molecule has 0 spiro atoms. The molecule has 1 saturated heterocycles. The zero-order valence-corrected chi connectivity index (χ0v) is 19.6. The van der Waals surface area contributed by atoms with E-state index in [2.05, 4.69) is 53.7 Å². The molecule has 0 radical (unpaired) electrons. The van der Waals surface area contributed by atoms with Crippen LogP contribution in [-0.4, -0.2) is 45.5 Å². The highest BCUT2D eigenvalue weighted by Crippen LogP contribution is 2.39. The predicted octanol–water partition coefficient (Wildman–Crippen LogP) is 4.21. The molecule has 0 amide bonds. The van der Waals surface area contributed by atoms with Crippen LogP contribution >= 0.6 is 0 Å². The number of hydrogen-bond acceptors (Lipinski definition) is 4. The van der Waals surface area contributed by atoms with Crippen molar-refractivity contribution >= 4 is 5.96 Å². The average molecular weight is 438 g/mol. The molecule has 0 bridgehead atoms. The molecule has 2 aromatic carbocycles. The zero-order chi connectivity index (χ0) is 22.6. The average Bonchev–Trinajstić information content (AvgIpc) is 2.81. The summed E-state index contributed by atoms with van der Waals surface area (Å²) in [6, 6.07) is 16.8. The maximum absolute atomic E-state index is 6.19. The Morgan fingerprint density at radius 1 is 1.09 bits per heavy atom. The molecule has 2 N–H and O–H groups in total. The van der Waals surface area contributed by atoms with Crippen molar-refractivity contribution in [1.82, 2.24) is 10.6 Å². The Morgan fingerprint density at radius 3 is 2.50 bits per heavy atom. The van der Waals surface area contributed by atoms with Gasteiger partial charge in [-0.1, -0.05) is 30.3 Å². The molecule has 2 aliphatic heterocycles. The molecule has 2 aliphatic rings. The second kappa shape index (κ2) is 9.41. The van der Waals surface area contributed by atoms with Gasteiger partial charge in [0.25, 0.3) is 0 Å². The van der Waals surface area contributed by atoms with Gasteiger partial charge < -0.3 is 24.8 Å². The molecule has 6 nitrogen and oxygen atoms in total. The van der Waals surface area contributed by atoms with Gasteiger partial charge in [-0.2, -0.15) is 0 Å². The summed E-state index contributed by atoms with van der Waals surface area (Å²) in [5.74, 6) is 2.62. The molecule has 0 aromatic heterocycles. The minimum Gasteiger partial charge on any atom is -0.497 e. The third-order valence-corrected chi connectivity index (χ3v) is 6.66. The van der Waals surface area contributed by atoms with Gasteiger partial charge in [-0.15, -0.1) is 0 Å². The number of hydrogen-bond donors (Lipinski definition) is 2. The summed E-state index contributed by atoms with van der Waals surface area (Å²) in [5.41, 5.74) is 2.23. The van der Waals surface area contributed by atoms with Crippen LogP contribution < -0.4 is 20.1 Å². The number of aliphatic imine (C=N–C) groups is 1. The van der Waals surface area contributed by atoms with Crippen LogP contribution in [0.1, 0.15) is 50.3 Å². The Hall–Kier alpha value is -2.73. The van der Waals surface area contributed by atoms with Crippen molar-refractivity contribution in [3.8, 4) is 11.5 Å². The molecule has 1 atom stereocenters. The van der Waals surface area contributed by atoms with Crippen LogP contribution in [-0.2, 0) is 10.2 Å². The SMILES string of the molecule is CN=C(NCC1(c2ccc(OC)cc2)CCOCC1)NC1CC(C)(C)Oc2ccccc21. The first-order valence-corrected chi connectivity index (χ1v) is 11.4. The maximum atomic E-state index is 6.19. The fourth-order valence-electron chi connectivity index (χ4n) is 4.82. The number of ether oxygens (including phenoxy) is 3. The number of nitrogens with one attached hydrogen (secondary N) is 2. The Bertz CT molecular complexity index is 934. The fourth-order valence-corrected chi connectivity index (χ4v) is 4.82. The minimum absolute atomic E-state index is 0.00496. The molecule has 32 heavy (non-hydrogen) atoms. The first-order chi connectivity index (χ1) is 15.4. The van der Waals surface area contributed by atoms with Gasteiger partial charge in [0.1, 0.15) is 17.1 Å². The number of rotatable bonds is 5. The first-order valence-electron chi connectivity index (χ1n) is 11.4. The van der Waals surface area contributed by atoms with Crippen LogP contribution in [0.3, 0.4) is 0 Å². The smallest absolute Gasteiger partial charge is 0.191 e. The number of fused-ring (bicyclic) bond motifs is 1. The van der Waals surface area contributed by atoms with Gasteiger partial charge in [0, 0.05) is 44.2 Å². The van der Waals surface area contributed by atoms with Crippen LogP contribution in [0, 0.1) is 0 Å². The van der Waals surface area contributed by atoms with Gasteiger partial charge in [0.2, 0.25) is 0 Å². The number of benzene rings is 2. The lowest BCUT2D eigenvalue weighted by Crippen LogP contribution is -2.50. The molecule has 4 rings (SSSR count). The predicted molar refractivity (Wildman–Crippen MR) is 128 cm³/mol. The molecule has 2 heterocycles. The van der Waals surface area contributed by atoms with Crippen LogP contribution in [0.2, 0.25) is 0 Å². The van der Waals surface area contributed by atoms with E-state index in [1.165, 1.54) is 11.1 Å². The summed E-state index contributed by atoms with van der Waals surface area (Å²) in [4.78, 5) is 4.54. The van der Waals surface area contributed by atoms with Crippen molar-refractivity contribution in [2.24, 2.45) is 4.99 Å². The molecule has 0 aliphatic carbocycles. The van der Waals surface area contributed by atoms with E-state index in [0.29, 0.717) is 0 Å². The normalized spacial score (nSPS) is 21.8. The van der Waals surface area contributed by atoms with E-state index in [4.69, 9.17) is 14.2 Å². The number of nitrogens with zero attached hydrogens (tertiary/aromatic N) is 1. The fraction of sp³-hybridized carbons (Fsp3) is 0.500. The molecule has 2 aromatic rings. The van der Waals surface area contributed by atoms with Gasteiger partial charge >= 0.3 is 0 Å². The second-order valence-corrected chi connectivity index (χ2v) is 9.35. The van der Waals surface area contributed by atoms with Gasteiger partial charge in [0.15, 0.2) is 5.96 Å². The summed E-state index contributed by atoms with van der Waals surface area (Å²) in [7, 11) is 3.53.